The van der Waals surface area contributed by atoms with Crippen LogP contribution in [0.1, 0.15) is 34.8 Å². The lowest BCUT2D eigenvalue weighted by Gasteiger charge is -2.21. The number of nitrogens with zero attached hydrogens (tertiary/aromatic N) is 3. The van der Waals surface area contributed by atoms with Gasteiger partial charge in [0, 0.05) is 6.20 Å². The minimum atomic E-state index is -0.569. The van der Waals surface area contributed by atoms with E-state index < -0.39 is 11.9 Å². The first kappa shape index (κ1) is 22.8. The molecule has 0 aliphatic carbocycles. The van der Waals surface area contributed by atoms with Crippen LogP contribution in [0.15, 0.2) is 71.9 Å². The van der Waals surface area contributed by atoms with Crippen molar-refractivity contribution in [3.8, 4) is 0 Å². The number of nitrogens with one attached hydrogen (secondary N) is 1. The minimum Gasteiger partial charge on any atom is -0.465 e. The molecule has 1 N–H and O–H groups in total. The van der Waals surface area contributed by atoms with Gasteiger partial charge in [-0.05, 0) is 41.8 Å². The molecule has 1 aliphatic rings. The maximum atomic E-state index is 13.2. The van der Waals surface area contributed by atoms with Crippen LogP contribution >= 0.6 is 0 Å². The molecule has 0 saturated heterocycles. The fraction of sp³-hybridized carbons (Fsp3) is 0.192. The van der Waals surface area contributed by atoms with E-state index in [9.17, 15) is 14.4 Å². The summed E-state index contributed by atoms with van der Waals surface area (Å²) in [6.45, 7) is 1.80. The van der Waals surface area contributed by atoms with Gasteiger partial charge in [0.05, 0.1) is 30.5 Å². The van der Waals surface area contributed by atoms with Crippen molar-refractivity contribution in [3.63, 3.8) is 0 Å². The van der Waals surface area contributed by atoms with Gasteiger partial charge in [0.25, 0.3) is 0 Å². The number of anilines is 2. The number of aromatic nitrogens is 1. The monoisotopic (exact) mass is 456 g/mol. The van der Waals surface area contributed by atoms with E-state index in [4.69, 9.17) is 9.73 Å². The summed E-state index contributed by atoms with van der Waals surface area (Å²) in [7, 11) is 1.27. The predicted molar refractivity (Wildman–Crippen MR) is 130 cm³/mol. The number of carbonyl (C=O) groups excluding carboxylic acids is 3. The number of hydrogen-bond acceptors (Lipinski definition) is 6. The van der Waals surface area contributed by atoms with Gasteiger partial charge in [0.2, 0.25) is 11.8 Å². The Bertz CT molecular complexity index is 1270. The summed E-state index contributed by atoms with van der Waals surface area (Å²) >= 11 is 0. The molecular weight excluding hydrogens is 432 g/mol. The summed E-state index contributed by atoms with van der Waals surface area (Å²) < 4.78 is 4.78. The maximum Gasteiger partial charge on any atom is 0.339 e. The van der Waals surface area contributed by atoms with Crippen molar-refractivity contribution >= 4 is 40.7 Å². The van der Waals surface area contributed by atoms with Crippen molar-refractivity contribution in [2.24, 2.45) is 4.99 Å². The molecule has 2 amide bonds. The molecule has 34 heavy (non-hydrogen) atoms. The minimum absolute atomic E-state index is 0.0217. The van der Waals surface area contributed by atoms with Gasteiger partial charge in [0.1, 0.15) is 12.2 Å². The average molecular weight is 457 g/mol. The van der Waals surface area contributed by atoms with Gasteiger partial charge >= 0.3 is 5.97 Å². The van der Waals surface area contributed by atoms with Crippen LogP contribution in [0.3, 0.4) is 0 Å². The Hall–Kier alpha value is -4.33. The molecular formula is C26H24N4O4. The van der Waals surface area contributed by atoms with Crippen molar-refractivity contribution in [2.75, 3.05) is 23.9 Å². The first-order valence-electron chi connectivity index (χ1n) is 10.9. The van der Waals surface area contributed by atoms with E-state index in [0.29, 0.717) is 22.9 Å². The van der Waals surface area contributed by atoms with E-state index in [1.165, 1.54) is 17.6 Å². The third kappa shape index (κ3) is 4.85. The van der Waals surface area contributed by atoms with Gasteiger partial charge in [-0.1, -0.05) is 43.3 Å². The fourth-order valence-electron chi connectivity index (χ4n) is 3.70. The third-order valence-corrected chi connectivity index (χ3v) is 5.50. The number of methoxy groups -OCH3 is 1. The number of amides is 2. The number of para-hydroxylation sites is 1. The van der Waals surface area contributed by atoms with Gasteiger partial charge in [-0.15, -0.1) is 0 Å². The van der Waals surface area contributed by atoms with Crippen molar-refractivity contribution in [3.05, 3.63) is 83.6 Å². The maximum absolute atomic E-state index is 13.2. The van der Waals surface area contributed by atoms with E-state index in [-0.39, 0.29) is 24.4 Å². The van der Waals surface area contributed by atoms with Crippen LogP contribution in [0.4, 0.5) is 17.2 Å². The van der Waals surface area contributed by atoms with E-state index in [1.807, 2.05) is 24.3 Å². The second kappa shape index (κ2) is 10.1. The molecule has 0 atom stereocenters. The summed E-state index contributed by atoms with van der Waals surface area (Å²) in [5.41, 5.74) is 3.68. The number of pyridine rings is 1. The summed E-state index contributed by atoms with van der Waals surface area (Å²) in [4.78, 5) is 48.5. The molecule has 2 aromatic carbocycles. The number of benzene rings is 2. The van der Waals surface area contributed by atoms with Crippen LogP contribution < -0.4 is 10.2 Å². The molecule has 8 heteroatoms. The van der Waals surface area contributed by atoms with Crippen molar-refractivity contribution < 1.29 is 19.1 Å². The number of aliphatic imine (C=N–C) groups is 1. The molecule has 0 saturated carbocycles. The van der Waals surface area contributed by atoms with E-state index >= 15 is 0 Å². The van der Waals surface area contributed by atoms with Crippen LogP contribution in [0.2, 0.25) is 0 Å². The first-order valence-corrected chi connectivity index (χ1v) is 10.9. The fourth-order valence-corrected chi connectivity index (χ4v) is 3.70. The molecule has 1 aromatic heterocycles. The molecule has 172 valence electrons. The van der Waals surface area contributed by atoms with Crippen LogP contribution in [-0.2, 0) is 20.7 Å². The van der Waals surface area contributed by atoms with Gasteiger partial charge in [-0.25, -0.2) is 14.8 Å². The summed E-state index contributed by atoms with van der Waals surface area (Å²) in [5, 5.41) is 2.70. The lowest BCUT2D eigenvalue weighted by atomic mass is 10.0. The van der Waals surface area contributed by atoms with Gasteiger partial charge in [-0.3, -0.25) is 14.5 Å². The highest BCUT2D eigenvalue weighted by Gasteiger charge is 2.28. The molecule has 0 unspecified atom stereocenters. The number of carbonyl (C=O) groups is 3. The van der Waals surface area contributed by atoms with Crippen molar-refractivity contribution in [2.45, 2.75) is 19.8 Å². The zero-order chi connectivity index (χ0) is 24.1. The third-order valence-electron chi connectivity index (χ3n) is 5.50. The Labute approximate surface area is 197 Å². The van der Waals surface area contributed by atoms with Crippen molar-refractivity contribution in [1.82, 2.24) is 4.98 Å². The quantitative estimate of drug-likeness (QED) is 0.567. The molecule has 8 nitrogen and oxygen atoms in total. The molecule has 0 bridgehead atoms. The van der Waals surface area contributed by atoms with E-state index in [1.54, 1.807) is 42.6 Å². The van der Waals surface area contributed by atoms with Crippen LogP contribution in [0.25, 0.3) is 0 Å². The summed E-state index contributed by atoms with van der Waals surface area (Å²) in [6, 6.07) is 18.0. The average Bonchev–Trinajstić information content (AvgIpc) is 3.00. The van der Waals surface area contributed by atoms with Gasteiger partial charge in [-0.2, -0.15) is 0 Å². The molecule has 0 spiro atoms. The van der Waals surface area contributed by atoms with Crippen LogP contribution in [0.5, 0.6) is 0 Å². The SMILES string of the molecule is CCc1ccc(C2=Nc3cccnc3N(CC(=O)Nc3ccccc3C(=O)OC)C(=O)C2)cc1. The summed E-state index contributed by atoms with van der Waals surface area (Å²) in [5.74, 6) is -1.03. The number of esters is 1. The van der Waals surface area contributed by atoms with Gasteiger partial charge in [0.15, 0.2) is 5.82 Å². The van der Waals surface area contributed by atoms with Gasteiger partial charge < -0.3 is 10.1 Å². The van der Waals surface area contributed by atoms with Crippen LogP contribution in [-0.4, -0.2) is 42.1 Å². The standard InChI is InChI=1S/C26H24N4O4/c1-3-17-10-12-18(13-11-17)22-15-24(32)30(25-21(28-22)9-6-14-27-25)16-23(31)29-20-8-5-4-7-19(20)26(33)34-2/h4-14H,3,15-16H2,1-2H3,(H,29,31). The second-order valence-corrected chi connectivity index (χ2v) is 7.70. The number of ether oxygens (including phenoxy) is 1. The van der Waals surface area contributed by atoms with E-state index in [0.717, 1.165) is 12.0 Å². The number of hydrogen-bond donors (Lipinski definition) is 1. The summed E-state index contributed by atoms with van der Waals surface area (Å²) in [6.07, 6.45) is 2.49. The zero-order valence-electron chi connectivity index (χ0n) is 18.9. The molecule has 4 rings (SSSR count). The Balaban J connectivity index is 1.59. The second-order valence-electron chi connectivity index (χ2n) is 7.70. The largest absolute Gasteiger partial charge is 0.465 e. The Morgan fingerprint density at radius 3 is 2.56 bits per heavy atom. The van der Waals surface area contributed by atoms with Crippen molar-refractivity contribution in [1.29, 1.82) is 0 Å². The predicted octanol–water partition coefficient (Wildman–Crippen LogP) is 3.93. The van der Waals surface area contributed by atoms with E-state index in [2.05, 4.69) is 17.2 Å². The first-order chi connectivity index (χ1) is 16.5. The highest BCUT2D eigenvalue weighted by atomic mass is 16.5. The Morgan fingerprint density at radius 1 is 1.06 bits per heavy atom. The Kier molecular flexibility index (Phi) is 6.77. The number of aryl methyl sites for hydroxylation is 1. The molecule has 2 heterocycles. The highest BCUT2D eigenvalue weighted by molar-refractivity contribution is 6.18. The number of fused-ring (bicyclic) bond motifs is 1. The smallest absolute Gasteiger partial charge is 0.339 e. The number of rotatable bonds is 6. The normalized spacial score (nSPS) is 12.9. The Morgan fingerprint density at radius 2 is 1.82 bits per heavy atom. The molecule has 0 fully saturated rings. The topological polar surface area (TPSA) is 101 Å². The lowest BCUT2D eigenvalue weighted by molar-refractivity contribution is -0.120. The molecule has 3 aromatic rings. The van der Waals surface area contributed by atoms with Crippen LogP contribution in [0, 0.1) is 0 Å². The lowest BCUT2D eigenvalue weighted by Crippen LogP contribution is -2.39. The molecule has 1 aliphatic heterocycles. The highest BCUT2D eigenvalue weighted by Crippen LogP contribution is 2.31. The molecule has 0 radical (unpaired) electrons. The zero-order valence-corrected chi connectivity index (χ0v) is 18.9.